The zero-order chi connectivity index (χ0) is 58.7. The Morgan fingerprint density at radius 3 is 0.872 bits per heavy atom. The van der Waals surface area contributed by atoms with E-state index in [0.717, 1.165) is 10.6 Å². The highest BCUT2D eigenvalue weighted by molar-refractivity contribution is 7.20. The minimum atomic E-state index is -6.13. The van der Waals surface area contributed by atoms with Gasteiger partial charge in [-0.3, -0.25) is 4.79 Å². The number of para-hydroxylation sites is 1. The van der Waals surface area contributed by atoms with Crippen molar-refractivity contribution in [3.8, 4) is 0 Å². The maximum Gasteiger partial charge on any atom is 0.416 e. The molecular weight excluding hydrogens is 1120 g/mol. The van der Waals surface area contributed by atoms with E-state index in [4.69, 9.17) is 0 Å². The molecule has 0 aliphatic heterocycles. The average molecular weight is 1150 g/mol. The van der Waals surface area contributed by atoms with Crippen LogP contribution < -0.4 is 26.4 Å². The summed E-state index contributed by atoms with van der Waals surface area (Å²) in [5.41, 5.74) is -29.2. The Hall–Kier alpha value is -7.36. The first-order valence-electron chi connectivity index (χ1n) is 21.1. The third kappa shape index (κ3) is 13.0. The third-order valence-corrected chi connectivity index (χ3v) is 11.8. The standard InChI is InChI=1S/C32H12BF24.C17H12F2NO/c34-25(35,36)13-1-14(26(37,38)39)6-21(5-13)33(22-7-15(27(40,41)42)2-16(8-22)28(43,44)45,23-9-17(29(46,47)48)3-18(10-23)30(49,50)51)24-11-19(31(52,53)54)4-20(12-24)32(55,56)57;18-14-10-13-8-4-5-9-15(13)20(17(14)19)11-16(21)12-6-2-1-3-7-12/h1-12H;1-10H,11H2/q-1;+1. The van der Waals surface area contributed by atoms with Crippen molar-refractivity contribution in [2.24, 2.45) is 0 Å². The van der Waals surface area contributed by atoms with Gasteiger partial charge in [-0.1, -0.05) is 91.0 Å². The summed E-state index contributed by atoms with van der Waals surface area (Å²) in [5, 5.41) is 0.553. The Labute approximate surface area is 419 Å². The molecule has 2 nitrogen and oxygen atoms in total. The number of rotatable bonds is 7. The Morgan fingerprint density at radius 2 is 0.603 bits per heavy atom. The Morgan fingerprint density at radius 1 is 0.346 bits per heavy atom. The minimum Gasteiger partial charge on any atom is -0.287 e. The van der Waals surface area contributed by atoms with E-state index < -0.39 is 206 Å². The van der Waals surface area contributed by atoms with Crippen molar-refractivity contribution in [1.82, 2.24) is 0 Å². The number of Topliss-reactive ketones (excluding diaryl/α,β-unsaturated/α-hetero) is 1. The highest BCUT2D eigenvalue weighted by atomic mass is 19.4. The Balaban J connectivity index is 0.000000387. The summed E-state index contributed by atoms with van der Waals surface area (Å²) < 4.78 is 370. The normalized spacial score (nSPS) is 13.4. The molecule has 0 radical (unpaired) electrons. The van der Waals surface area contributed by atoms with E-state index in [1.165, 1.54) is 0 Å². The maximum absolute atomic E-state index is 14.2. The highest BCUT2D eigenvalue weighted by Crippen LogP contribution is 2.41. The molecule has 0 saturated heterocycles. The molecule has 1 aromatic heterocycles. The van der Waals surface area contributed by atoms with E-state index in [9.17, 15) is 119 Å². The molecule has 6 aromatic carbocycles. The zero-order valence-electron chi connectivity index (χ0n) is 37.7. The summed E-state index contributed by atoms with van der Waals surface area (Å²) in [4.78, 5) is 12.2. The molecule has 0 aliphatic carbocycles. The van der Waals surface area contributed by atoms with Gasteiger partial charge in [0.2, 0.25) is 23.7 Å². The van der Waals surface area contributed by atoms with Gasteiger partial charge in [0.05, 0.1) is 44.5 Å². The Bertz CT molecular complexity index is 2920. The van der Waals surface area contributed by atoms with Crippen molar-refractivity contribution in [2.75, 3.05) is 0 Å². The lowest BCUT2D eigenvalue weighted by Gasteiger charge is -2.46. The van der Waals surface area contributed by atoms with E-state index in [0.29, 0.717) is 16.5 Å². The molecule has 416 valence electrons. The van der Waals surface area contributed by atoms with Gasteiger partial charge in [-0.05, 0) is 36.4 Å². The smallest absolute Gasteiger partial charge is 0.287 e. The van der Waals surface area contributed by atoms with Crippen molar-refractivity contribution < 1.29 is 124 Å². The number of nitrogens with zero attached hydrogens (tertiary/aromatic N) is 1. The predicted octanol–water partition coefficient (Wildman–Crippen LogP) is 14.5. The SMILES string of the molecule is FC(F)(F)c1cc([B-](c2cc(C(F)(F)F)cc(C(F)(F)F)c2)(c2cc(C(F)(F)F)cc(C(F)(F)F)c2)c2cc(C(F)(F)F)cc(C(F)(F)F)c2)cc(C(F)(F)F)c1.O=C(C[n+]1c(F)c(F)cc2ccccc21)c1ccccc1. The number of hydrogen-bond acceptors (Lipinski definition) is 1. The second-order valence-electron chi connectivity index (χ2n) is 16.9. The van der Waals surface area contributed by atoms with Crippen LogP contribution in [0.2, 0.25) is 0 Å². The molecular formula is C49H24BF26NO. The van der Waals surface area contributed by atoms with Crippen molar-refractivity contribution in [2.45, 2.75) is 56.0 Å². The molecule has 29 heteroatoms. The van der Waals surface area contributed by atoms with Crippen LogP contribution in [0.1, 0.15) is 54.9 Å². The number of hydrogen-bond donors (Lipinski definition) is 0. The molecule has 0 unspecified atom stereocenters. The van der Waals surface area contributed by atoms with E-state index in [1.54, 1.807) is 54.6 Å². The first-order valence-corrected chi connectivity index (χ1v) is 21.1. The first kappa shape index (κ1) is 59.9. The lowest BCUT2D eigenvalue weighted by atomic mass is 9.12. The van der Waals surface area contributed by atoms with Crippen LogP contribution in [0.15, 0.2) is 133 Å². The molecule has 0 bridgehead atoms. The van der Waals surface area contributed by atoms with Crippen molar-refractivity contribution in [1.29, 1.82) is 0 Å². The van der Waals surface area contributed by atoms with Gasteiger partial charge >= 0.3 is 55.4 Å². The molecule has 1 heterocycles. The quantitative estimate of drug-likeness (QED) is 0.0512. The van der Waals surface area contributed by atoms with E-state index in [1.807, 2.05) is 0 Å². The van der Waals surface area contributed by atoms with Crippen LogP contribution in [0.3, 0.4) is 0 Å². The maximum atomic E-state index is 14.2. The molecule has 0 atom stereocenters. The van der Waals surface area contributed by atoms with Crippen molar-refractivity contribution in [3.63, 3.8) is 0 Å². The Kier molecular flexibility index (Phi) is 15.7. The number of fused-ring (bicyclic) bond motifs is 1. The number of alkyl halides is 24. The highest BCUT2D eigenvalue weighted by Gasteiger charge is 2.47. The lowest BCUT2D eigenvalue weighted by molar-refractivity contribution is -0.688. The van der Waals surface area contributed by atoms with Crippen LogP contribution in [0, 0.1) is 11.8 Å². The van der Waals surface area contributed by atoms with Gasteiger partial charge in [0, 0.05) is 17.0 Å². The number of benzene rings is 6. The fraction of sp³-hybridized carbons (Fsp3) is 0.184. The summed E-state index contributed by atoms with van der Waals surface area (Å²) >= 11 is 0. The summed E-state index contributed by atoms with van der Waals surface area (Å²) in [6.45, 7) is -0.242. The van der Waals surface area contributed by atoms with Gasteiger partial charge in [0.25, 0.3) is 0 Å². The average Bonchev–Trinajstić information content (AvgIpc) is 3.35. The molecule has 0 saturated carbocycles. The van der Waals surface area contributed by atoms with Crippen molar-refractivity contribution in [3.05, 3.63) is 195 Å². The van der Waals surface area contributed by atoms with Crippen LogP contribution >= 0.6 is 0 Å². The van der Waals surface area contributed by atoms with Gasteiger partial charge in [-0.25, -0.2) is 0 Å². The molecule has 0 amide bonds. The van der Waals surface area contributed by atoms with Gasteiger partial charge in [-0.15, -0.1) is 4.39 Å². The van der Waals surface area contributed by atoms with Crippen molar-refractivity contribution >= 4 is 44.7 Å². The molecule has 0 fully saturated rings. The summed E-state index contributed by atoms with van der Waals surface area (Å²) in [6, 6.07) is 7.70. The number of carbonyl (C=O) groups excluding carboxylic acids is 1. The first-order chi connectivity index (χ1) is 35.4. The summed E-state index contributed by atoms with van der Waals surface area (Å²) in [7, 11) is 0. The molecule has 0 spiro atoms. The largest absolute Gasteiger partial charge is 0.416 e. The molecule has 7 aromatic rings. The van der Waals surface area contributed by atoms with Crippen LogP contribution in [0.25, 0.3) is 10.9 Å². The summed E-state index contributed by atoms with van der Waals surface area (Å²) in [6.07, 6.45) is -54.8. The molecule has 0 N–H and O–H groups in total. The zero-order valence-corrected chi connectivity index (χ0v) is 37.7. The fourth-order valence-corrected chi connectivity index (χ4v) is 8.37. The van der Waals surface area contributed by atoms with Gasteiger partial charge in [0.1, 0.15) is 6.15 Å². The predicted molar refractivity (Wildman–Crippen MR) is 225 cm³/mol. The van der Waals surface area contributed by atoms with Gasteiger partial charge < -0.3 is 0 Å². The second-order valence-corrected chi connectivity index (χ2v) is 16.9. The molecule has 78 heavy (non-hydrogen) atoms. The number of pyridine rings is 1. The van der Waals surface area contributed by atoms with Gasteiger partial charge in [0.15, 0.2) is 0 Å². The number of aromatic nitrogens is 1. The second kappa shape index (κ2) is 20.5. The molecule has 7 rings (SSSR count). The van der Waals surface area contributed by atoms with Crippen LogP contribution in [-0.2, 0) is 56.0 Å². The number of ketones is 1. The van der Waals surface area contributed by atoms with Crippen LogP contribution in [-0.4, -0.2) is 11.9 Å². The van der Waals surface area contributed by atoms with Crippen LogP contribution in [0.5, 0.6) is 0 Å². The van der Waals surface area contributed by atoms with Gasteiger partial charge in [-0.2, -0.15) is 136 Å². The van der Waals surface area contributed by atoms with Crippen LogP contribution in [0.4, 0.5) is 114 Å². The van der Waals surface area contributed by atoms with E-state index in [-0.39, 0.29) is 12.3 Å². The topological polar surface area (TPSA) is 20.9 Å². The van der Waals surface area contributed by atoms with E-state index >= 15 is 0 Å². The lowest BCUT2D eigenvalue weighted by Crippen LogP contribution is -2.75. The summed E-state index contributed by atoms with van der Waals surface area (Å²) in [5.74, 6) is -2.26. The van der Waals surface area contributed by atoms with E-state index in [2.05, 4.69) is 0 Å². The number of carbonyl (C=O) groups is 1. The third-order valence-electron chi connectivity index (χ3n) is 11.8. The minimum absolute atomic E-state index is 0.242. The monoisotopic (exact) mass is 1150 g/mol. The fourth-order valence-electron chi connectivity index (χ4n) is 8.37. The number of halogens is 26. The molecule has 0 aliphatic rings.